The summed E-state index contributed by atoms with van der Waals surface area (Å²) in [6.07, 6.45) is 2.15. The van der Waals surface area contributed by atoms with Gasteiger partial charge in [0.15, 0.2) is 0 Å². The molecule has 0 radical (unpaired) electrons. The Balaban J connectivity index is 1.42. The molecular formula is C27H28N6O3. The minimum Gasteiger partial charge on any atom is -0.493 e. The van der Waals surface area contributed by atoms with E-state index in [-0.39, 0.29) is 17.7 Å². The van der Waals surface area contributed by atoms with Gasteiger partial charge >= 0.3 is 0 Å². The van der Waals surface area contributed by atoms with Gasteiger partial charge in [-0.05, 0) is 55.7 Å². The number of rotatable bonds is 6. The van der Waals surface area contributed by atoms with Crippen molar-refractivity contribution < 1.29 is 14.3 Å². The van der Waals surface area contributed by atoms with Gasteiger partial charge in [-0.15, -0.1) is 0 Å². The lowest BCUT2D eigenvalue weighted by Gasteiger charge is -2.32. The van der Waals surface area contributed by atoms with E-state index >= 15 is 0 Å². The largest absolute Gasteiger partial charge is 0.493 e. The summed E-state index contributed by atoms with van der Waals surface area (Å²) in [6.45, 7) is 4.40. The molecule has 2 aromatic heterocycles. The topological polar surface area (TPSA) is 114 Å². The lowest BCUT2D eigenvalue weighted by Crippen LogP contribution is -2.49. The second-order valence-corrected chi connectivity index (χ2v) is 8.95. The lowest BCUT2D eigenvalue weighted by molar-refractivity contribution is -0.118. The fraction of sp³-hybridized carbons (Fsp3) is 0.259. The number of benzene rings is 2. The van der Waals surface area contributed by atoms with E-state index in [0.29, 0.717) is 24.4 Å². The minimum atomic E-state index is -0.810. The number of carbonyl (C=O) groups excluding carboxylic acids is 2. The van der Waals surface area contributed by atoms with Gasteiger partial charge in [0.25, 0.3) is 5.91 Å². The van der Waals surface area contributed by atoms with Gasteiger partial charge in [-0.1, -0.05) is 30.3 Å². The van der Waals surface area contributed by atoms with Crippen molar-refractivity contribution in [1.82, 2.24) is 25.3 Å². The van der Waals surface area contributed by atoms with Gasteiger partial charge in [-0.2, -0.15) is 10.2 Å². The molecule has 36 heavy (non-hydrogen) atoms. The number of nitrogens with zero attached hydrogens (tertiary/aromatic N) is 3. The first kappa shape index (κ1) is 23.3. The highest BCUT2D eigenvalue weighted by molar-refractivity contribution is 6.01. The SMILES string of the molecule is Cc1n[nH]c(C)c1-c1ccc(NC(=O)[C@@H](NC(=O)c2ccnn2C)[C@H]2CCOc3ccccc32)cc1. The lowest BCUT2D eigenvalue weighted by atomic mass is 9.86. The third-order valence-electron chi connectivity index (χ3n) is 6.60. The van der Waals surface area contributed by atoms with Gasteiger partial charge in [-0.3, -0.25) is 19.4 Å². The van der Waals surface area contributed by atoms with Crippen LogP contribution in [0.5, 0.6) is 5.75 Å². The van der Waals surface area contributed by atoms with E-state index in [4.69, 9.17) is 4.74 Å². The highest BCUT2D eigenvalue weighted by Gasteiger charge is 2.35. The first-order chi connectivity index (χ1) is 17.4. The van der Waals surface area contributed by atoms with E-state index in [9.17, 15) is 9.59 Å². The number of ether oxygens (including phenoxy) is 1. The number of fused-ring (bicyclic) bond motifs is 1. The number of anilines is 1. The number of H-pyrrole nitrogens is 1. The van der Waals surface area contributed by atoms with Gasteiger partial charge in [0.05, 0.1) is 12.3 Å². The molecule has 1 aliphatic rings. The van der Waals surface area contributed by atoms with Gasteiger partial charge in [0.2, 0.25) is 5.91 Å². The van der Waals surface area contributed by atoms with Crippen LogP contribution in [0.3, 0.4) is 0 Å². The molecule has 9 heteroatoms. The monoisotopic (exact) mass is 484 g/mol. The smallest absolute Gasteiger partial charge is 0.270 e. The van der Waals surface area contributed by atoms with E-state index in [1.54, 1.807) is 19.3 Å². The van der Waals surface area contributed by atoms with E-state index < -0.39 is 6.04 Å². The quantitative estimate of drug-likeness (QED) is 0.386. The summed E-state index contributed by atoms with van der Waals surface area (Å²) in [6, 6.07) is 16.1. The standard InChI is InChI=1S/C27H28N6O3/c1-16-24(17(2)32-31-16)18-8-10-19(11-9-18)29-27(35)25(30-26(34)22-12-14-28-33(22)3)21-13-15-36-23-7-5-4-6-20(21)23/h4-12,14,21,25H,13,15H2,1-3H3,(H,29,35)(H,30,34)(H,31,32)/t21-,25-/m0/s1. The highest BCUT2D eigenvalue weighted by Crippen LogP contribution is 2.36. The molecule has 5 rings (SSSR count). The molecule has 2 aromatic carbocycles. The third-order valence-corrected chi connectivity index (χ3v) is 6.60. The molecule has 0 saturated carbocycles. The predicted octanol–water partition coefficient (Wildman–Crippen LogP) is 3.73. The van der Waals surface area contributed by atoms with Gasteiger partial charge < -0.3 is 15.4 Å². The van der Waals surface area contributed by atoms with Crippen LogP contribution in [-0.4, -0.2) is 44.4 Å². The predicted molar refractivity (Wildman–Crippen MR) is 136 cm³/mol. The molecule has 3 N–H and O–H groups in total. The fourth-order valence-electron chi connectivity index (χ4n) is 4.79. The molecule has 0 spiro atoms. The van der Waals surface area contributed by atoms with Crippen molar-refractivity contribution in [2.24, 2.45) is 7.05 Å². The van der Waals surface area contributed by atoms with Crippen LogP contribution in [-0.2, 0) is 11.8 Å². The number of carbonyl (C=O) groups is 2. The van der Waals surface area contributed by atoms with E-state index in [1.165, 1.54) is 4.68 Å². The maximum absolute atomic E-state index is 13.6. The Morgan fingerprint density at radius 3 is 2.58 bits per heavy atom. The Labute approximate surface area is 208 Å². The minimum absolute atomic E-state index is 0.248. The number of aromatic amines is 1. The van der Waals surface area contributed by atoms with Crippen molar-refractivity contribution in [3.8, 4) is 16.9 Å². The summed E-state index contributed by atoms with van der Waals surface area (Å²) in [5, 5.41) is 17.3. The van der Waals surface area contributed by atoms with E-state index in [2.05, 4.69) is 25.9 Å². The molecule has 0 saturated heterocycles. The van der Waals surface area contributed by atoms with Crippen LogP contribution in [0.15, 0.2) is 60.8 Å². The number of hydrogen-bond donors (Lipinski definition) is 3. The fourth-order valence-corrected chi connectivity index (χ4v) is 4.79. The number of nitrogens with one attached hydrogen (secondary N) is 3. The van der Waals surface area contributed by atoms with E-state index in [1.807, 2.05) is 62.4 Å². The van der Waals surface area contributed by atoms with Crippen LogP contribution in [0.2, 0.25) is 0 Å². The number of amides is 2. The normalized spacial score (nSPS) is 15.5. The van der Waals surface area contributed by atoms with Crippen LogP contribution >= 0.6 is 0 Å². The summed E-state index contributed by atoms with van der Waals surface area (Å²) in [5.74, 6) is -0.171. The number of aromatic nitrogens is 4. The Kier molecular flexibility index (Phi) is 6.28. The van der Waals surface area contributed by atoms with Crippen LogP contribution in [0, 0.1) is 13.8 Å². The number of hydrogen-bond acceptors (Lipinski definition) is 5. The first-order valence-corrected chi connectivity index (χ1v) is 11.9. The molecule has 0 fully saturated rings. The maximum atomic E-state index is 13.6. The summed E-state index contributed by atoms with van der Waals surface area (Å²) < 4.78 is 7.29. The number of aryl methyl sites for hydroxylation is 3. The highest BCUT2D eigenvalue weighted by atomic mass is 16.5. The summed E-state index contributed by atoms with van der Waals surface area (Å²) in [7, 11) is 1.69. The van der Waals surface area contributed by atoms with Gasteiger partial charge in [0, 0.05) is 36.1 Å². The third kappa shape index (κ3) is 4.47. The Bertz CT molecular complexity index is 1390. The molecule has 3 heterocycles. The second-order valence-electron chi connectivity index (χ2n) is 8.95. The molecule has 0 bridgehead atoms. The van der Waals surface area contributed by atoms with Crippen molar-refractivity contribution in [3.63, 3.8) is 0 Å². The average Bonchev–Trinajstić information content (AvgIpc) is 3.47. The zero-order valence-electron chi connectivity index (χ0n) is 20.4. The zero-order valence-corrected chi connectivity index (χ0v) is 20.4. The molecule has 2 atom stereocenters. The van der Waals surface area contributed by atoms with Crippen LogP contribution < -0.4 is 15.4 Å². The van der Waals surface area contributed by atoms with E-state index in [0.717, 1.165) is 33.8 Å². The van der Waals surface area contributed by atoms with Gasteiger partial charge in [-0.25, -0.2) is 0 Å². The van der Waals surface area contributed by atoms with Crippen molar-refractivity contribution in [1.29, 1.82) is 0 Å². The molecule has 4 aromatic rings. The summed E-state index contributed by atoms with van der Waals surface area (Å²) in [4.78, 5) is 26.7. The Hall–Kier alpha value is -4.40. The molecular weight excluding hydrogens is 456 g/mol. The summed E-state index contributed by atoms with van der Waals surface area (Å²) >= 11 is 0. The van der Waals surface area contributed by atoms with Crippen LogP contribution in [0.1, 0.15) is 39.8 Å². The first-order valence-electron chi connectivity index (χ1n) is 11.9. The molecule has 2 amide bonds. The van der Waals surface area contributed by atoms with Crippen molar-refractivity contribution in [3.05, 3.63) is 83.4 Å². The van der Waals surface area contributed by atoms with Gasteiger partial charge in [0.1, 0.15) is 17.5 Å². The van der Waals surface area contributed by atoms with Crippen molar-refractivity contribution in [2.75, 3.05) is 11.9 Å². The zero-order chi connectivity index (χ0) is 25.2. The Morgan fingerprint density at radius 1 is 1.11 bits per heavy atom. The second kappa shape index (κ2) is 9.69. The van der Waals surface area contributed by atoms with Crippen molar-refractivity contribution in [2.45, 2.75) is 32.2 Å². The number of para-hydroxylation sites is 1. The Morgan fingerprint density at radius 2 is 1.89 bits per heavy atom. The van der Waals surface area contributed by atoms with Crippen LogP contribution in [0.4, 0.5) is 5.69 Å². The molecule has 1 aliphatic heterocycles. The van der Waals surface area contributed by atoms with Crippen molar-refractivity contribution >= 4 is 17.5 Å². The molecule has 0 unspecified atom stereocenters. The molecule has 184 valence electrons. The summed E-state index contributed by atoms with van der Waals surface area (Å²) in [5.41, 5.74) is 5.88. The maximum Gasteiger partial charge on any atom is 0.270 e. The molecule has 9 nitrogen and oxygen atoms in total. The van der Waals surface area contributed by atoms with Crippen LogP contribution in [0.25, 0.3) is 11.1 Å². The average molecular weight is 485 g/mol. The molecule has 0 aliphatic carbocycles.